The Labute approximate surface area is 170 Å². The van der Waals surface area contributed by atoms with E-state index in [4.69, 9.17) is 9.84 Å². The molecule has 29 heavy (non-hydrogen) atoms. The van der Waals surface area contributed by atoms with Crippen molar-refractivity contribution in [3.05, 3.63) is 59.4 Å². The Hall–Kier alpha value is -3.35. The average molecular weight is 394 g/mol. The molecule has 0 spiro atoms. The monoisotopic (exact) mass is 394 g/mol. The van der Waals surface area contributed by atoms with Crippen LogP contribution in [0.25, 0.3) is 5.69 Å². The van der Waals surface area contributed by atoms with Crippen molar-refractivity contribution in [1.82, 2.24) is 14.8 Å². The van der Waals surface area contributed by atoms with Crippen LogP contribution in [0.3, 0.4) is 0 Å². The number of aromatic carboxylic acids is 1. The minimum Gasteiger partial charge on any atom is -0.494 e. The van der Waals surface area contributed by atoms with Crippen LogP contribution in [0.2, 0.25) is 0 Å². The maximum absolute atomic E-state index is 11.6. The smallest absolute Gasteiger partial charge is 0.339 e. The van der Waals surface area contributed by atoms with Crippen LogP contribution in [-0.2, 0) is 5.41 Å². The molecule has 0 atom stereocenters. The van der Waals surface area contributed by atoms with Crippen molar-refractivity contribution >= 4 is 17.6 Å². The zero-order valence-electron chi connectivity index (χ0n) is 17.4. The molecule has 3 rings (SSSR count). The number of aryl methyl sites for hydroxylation is 1. The normalized spacial score (nSPS) is 11.3. The number of nitrogens with zero attached hydrogens (tertiary/aromatic N) is 3. The second-order valence-electron chi connectivity index (χ2n) is 7.57. The summed E-state index contributed by atoms with van der Waals surface area (Å²) < 4.78 is 7.29. The van der Waals surface area contributed by atoms with Gasteiger partial charge in [0, 0.05) is 17.7 Å². The van der Waals surface area contributed by atoms with Gasteiger partial charge in [0.15, 0.2) is 0 Å². The van der Waals surface area contributed by atoms with Crippen LogP contribution >= 0.6 is 0 Å². The first-order chi connectivity index (χ1) is 13.8. The van der Waals surface area contributed by atoms with Crippen molar-refractivity contribution in [2.75, 3.05) is 12.4 Å². The van der Waals surface area contributed by atoms with Crippen LogP contribution < -0.4 is 10.1 Å². The number of rotatable bonds is 7. The van der Waals surface area contributed by atoms with E-state index in [1.165, 1.54) is 6.07 Å². The van der Waals surface area contributed by atoms with Crippen molar-refractivity contribution in [3.63, 3.8) is 0 Å². The fourth-order valence-corrected chi connectivity index (χ4v) is 2.93. The number of hydrogen-bond acceptors (Lipinski definition) is 5. The molecule has 3 aromatic rings. The number of ether oxygens (including phenoxy) is 1. The molecule has 0 saturated heterocycles. The lowest BCUT2D eigenvalue weighted by molar-refractivity contribution is 0.0697. The van der Waals surface area contributed by atoms with E-state index in [-0.39, 0.29) is 16.8 Å². The maximum Gasteiger partial charge on any atom is 0.339 e. The lowest BCUT2D eigenvalue weighted by Gasteiger charge is -2.19. The first-order valence-electron chi connectivity index (χ1n) is 9.47. The topological polar surface area (TPSA) is 89.3 Å². The number of hydrogen-bond donors (Lipinski definition) is 2. The third-order valence-electron chi connectivity index (χ3n) is 5.13. The van der Waals surface area contributed by atoms with Gasteiger partial charge >= 0.3 is 5.97 Å². The summed E-state index contributed by atoms with van der Waals surface area (Å²) in [7, 11) is 1.61. The largest absolute Gasteiger partial charge is 0.494 e. The van der Waals surface area contributed by atoms with E-state index < -0.39 is 5.97 Å². The number of carboxylic acids is 1. The Kier molecular flexibility index (Phi) is 5.59. The van der Waals surface area contributed by atoms with Gasteiger partial charge < -0.3 is 15.2 Å². The minimum absolute atomic E-state index is 0.0905. The SMILES string of the molecule is CCC(C)(C)c1cc(Nc2ncccc2C(=O)O)n(-c2cc(C)ccc2OC)n1. The van der Waals surface area contributed by atoms with Crippen LogP contribution in [0.5, 0.6) is 5.75 Å². The van der Waals surface area contributed by atoms with Crippen LogP contribution in [0, 0.1) is 6.92 Å². The quantitative estimate of drug-likeness (QED) is 0.603. The molecule has 0 aliphatic rings. The van der Waals surface area contributed by atoms with Crippen LogP contribution in [-0.4, -0.2) is 33.0 Å². The van der Waals surface area contributed by atoms with Crippen molar-refractivity contribution in [3.8, 4) is 11.4 Å². The van der Waals surface area contributed by atoms with Gasteiger partial charge in [-0.05, 0) is 43.2 Å². The van der Waals surface area contributed by atoms with Crippen molar-refractivity contribution in [1.29, 1.82) is 0 Å². The second kappa shape index (κ2) is 7.95. The van der Waals surface area contributed by atoms with Gasteiger partial charge in [0.1, 0.15) is 28.6 Å². The molecule has 0 aliphatic carbocycles. The molecule has 1 aromatic carbocycles. The van der Waals surface area contributed by atoms with Gasteiger partial charge in [0.2, 0.25) is 0 Å². The Morgan fingerprint density at radius 2 is 2.03 bits per heavy atom. The summed E-state index contributed by atoms with van der Waals surface area (Å²) in [5.41, 5.74) is 2.65. The fraction of sp³-hybridized carbons (Fsp3) is 0.318. The third-order valence-corrected chi connectivity index (χ3v) is 5.13. The van der Waals surface area contributed by atoms with E-state index in [9.17, 15) is 9.90 Å². The number of carboxylic acid groups (broad SMARTS) is 1. The number of carbonyl (C=O) groups is 1. The molecule has 0 amide bonds. The number of methoxy groups -OCH3 is 1. The fourth-order valence-electron chi connectivity index (χ4n) is 2.93. The molecule has 2 heterocycles. The molecule has 7 heteroatoms. The molecule has 0 fully saturated rings. The zero-order valence-corrected chi connectivity index (χ0v) is 17.4. The first-order valence-corrected chi connectivity index (χ1v) is 9.47. The number of benzene rings is 1. The van der Waals surface area contributed by atoms with E-state index >= 15 is 0 Å². The number of aromatic nitrogens is 3. The molecule has 0 radical (unpaired) electrons. The Morgan fingerprint density at radius 3 is 2.69 bits per heavy atom. The number of anilines is 2. The van der Waals surface area contributed by atoms with E-state index in [0.717, 1.165) is 23.4 Å². The molecule has 152 valence electrons. The van der Waals surface area contributed by atoms with E-state index in [1.807, 2.05) is 31.2 Å². The van der Waals surface area contributed by atoms with E-state index in [1.54, 1.807) is 24.1 Å². The van der Waals surface area contributed by atoms with Gasteiger partial charge in [-0.25, -0.2) is 14.5 Å². The lowest BCUT2D eigenvalue weighted by Crippen LogP contribution is -2.16. The van der Waals surface area contributed by atoms with Gasteiger partial charge in [-0.1, -0.05) is 26.8 Å². The van der Waals surface area contributed by atoms with Gasteiger partial charge in [-0.15, -0.1) is 0 Å². The third kappa shape index (κ3) is 4.08. The molecule has 2 aromatic heterocycles. The molecular formula is C22H26N4O3. The summed E-state index contributed by atoms with van der Waals surface area (Å²) in [6, 6.07) is 10.9. The van der Waals surface area contributed by atoms with Crippen LogP contribution in [0.15, 0.2) is 42.6 Å². The zero-order chi connectivity index (χ0) is 21.2. The highest BCUT2D eigenvalue weighted by atomic mass is 16.5. The number of nitrogens with one attached hydrogen (secondary N) is 1. The maximum atomic E-state index is 11.6. The van der Waals surface area contributed by atoms with Crippen LogP contribution in [0.4, 0.5) is 11.6 Å². The lowest BCUT2D eigenvalue weighted by atomic mass is 9.87. The molecule has 2 N–H and O–H groups in total. The predicted molar refractivity (Wildman–Crippen MR) is 113 cm³/mol. The Morgan fingerprint density at radius 1 is 1.28 bits per heavy atom. The summed E-state index contributed by atoms with van der Waals surface area (Å²) in [6.45, 7) is 8.36. The standard InChI is InChI=1S/C22H26N4O3/c1-6-22(3,4)18-13-19(24-20-15(21(27)28)8-7-11-23-20)26(25-18)16-12-14(2)9-10-17(16)29-5/h7-13H,6H2,1-5H3,(H,23,24)(H,27,28). The molecule has 0 unspecified atom stereocenters. The summed E-state index contributed by atoms with van der Waals surface area (Å²) in [5.74, 6) is 0.497. The van der Waals surface area contributed by atoms with Gasteiger partial charge in [0.25, 0.3) is 0 Å². The molecule has 7 nitrogen and oxygen atoms in total. The van der Waals surface area contributed by atoms with Gasteiger partial charge in [0.05, 0.1) is 12.8 Å². The molecular weight excluding hydrogens is 368 g/mol. The van der Waals surface area contributed by atoms with Gasteiger partial charge in [-0.3, -0.25) is 0 Å². The highest BCUT2D eigenvalue weighted by Gasteiger charge is 2.25. The van der Waals surface area contributed by atoms with E-state index in [0.29, 0.717) is 11.6 Å². The minimum atomic E-state index is -1.05. The Bertz CT molecular complexity index is 1040. The number of pyridine rings is 1. The highest BCUT2D eigenvalue weighted by molar-refractivity contribution is 5.93. The summed E-state index contributed by atoms with van der Waals surface area (Å²) in [6.07, 6.45) is 2.46. The van der Waals surface area contributed by atoms with Crippen LogP contribution in [0.1, 0.15) is 48.8 Å². The van der Waals surface area contributed by atoms with Gasteiger partial charge in [-0.2, -0.15) is 5.10 Å². The predicted octanol–water partition coefficient (Wildman–Crippen LogP) is 4.71. The highest BCUT2D eigenvalue weighted by Crippen LogP contribution is 2.33. The molecule has 0 bridgehead atoms. The molecule has 0 aliphatic heterocycles. The summed E-state index contributed by atoms with van der Waals surface area (Å²) >= 11 is 0. The second-order valence-corrected chi connectivity index (χ2v) is 7.57. The first kappa shape index (κ1) is 20.4. The van der Waals surface area contributed by atoms with Crippen molar-refractivity contribution in [2.24, 2.45) is 0 Å². The molecule has 0 saturated carbocycles. The summed E-state index contributed by atoms with van der Waals surface area (Å²) in [4.78, 5) is 15.8. The van der Waals surface area contributed by atoms with E-state index in [2.05, 4.69) is 31.1 Å². The average Bonchev–Trinajstić information content (AvgIpc) is 3.12. The summed E-state index contributed by atoms with van der Waals surface area (Å²) in [5, 5.41) is 17.5. The van der Waals surface area contributed by atoms with Crippen molar-refractivity contribution in [2.45, 2.75) is 39.5 Å². The Balaban J connectivity index is 2.19. The van der Waals surface area contributed by atoms with Crippen molar-refractivity contribution < 1.29 is 14.6 Å².